The number of likely N-dealkylation sites (N-methyl/N-ethyl adjacent to an activating group) is 1. The second kappa shape index (κ2) is 4.47. The molecule has 2 aromatic rings. The number of benzene rings is 1. The van der Waals surface area contributed by atoms with Crippen molar-refractivity contribution in [1.29, 1.82) is 0 Å². The molecule has 19 heavy (non-hydrogen) atoms. The maximum absolute atomic E-state index is 10.9. The average Bonchev–Trinajstić information content (AvgIpc) is 2.97. The van der Waals surface area contributed by atoms with E-state index < -0.39 is 5.60 Å². The van der Waals surface area contributed by atoms with Gasteiger partial charge in [-0.05, 0) is 38.6 Å². The minimum absolute atomic E-state index is 0.379. The van der Waals surface area contributed by atoms with Gasteiger partial charge in [-0.15, -0.1) is 0 Å². The van der Waals surface area contributed by atoms with Crippen LogP contribution in [0.4, 0.5) is 0 Å². The number of para-hydroxylation sites is 1. The molecule has 1 aliphatic heterocycles. The maximum atomic E-state index is 10.9. The number of aliphatic hydroxyl groups is 1. The van der Waals surface area contributed by atoms with E-state index >= 15 is 0 Å². The van der Waals surface area contributed by atoms with Crippen LogP contribution in [0, 0.1) is 0 Å². The molecule has 0 spiro atoms. The van der Waals surface area contributed by atoms with Gasteiger partial charge >= 0.3 is 0 Å². The van der Waals surface area contributed by atoms with Gasteiger partial charge in [-0.3, -0.25) is 0 Å². The van der Waals surface area contributed by atoms with Crippen LogP contribution in [0.3, 0.4) is 0 Å². The Morgan fingerprint density at radius 2 is 2.00 bits per heavy atom. The van der Waals surface area contributed by atoms with E-state index in [-0.39, 0.29) is 0 Å². The molecule has 2 heterocycles. The van der Waals surface area contributed by atoms with Gasteiger partial charge in [-0.2, -0.15) is 5.10 Å². The summed E-state index contributed by atoms with van der Waals surface area (Å²) in [6.07, 6.45) is 2.49. The Labute approximate surface area is 113 Å². The van der Waals surface area contributed by atoms with Gasteiger partial charge in [0, 0.05) is 18.8 Å². The first-order chi connectivity index (χ1) is 9.10. The normalized spacial score (nSPS) is 27.8. The second-order valence-electron chi connectivity index (χ2n) is 5.46. The van der Waals surface area contributed by atoms with Crippen LogP contribution in [0.2, 0.25) is 0 Å². The van der Waals surface area contributed by atoms with Gasteiger partial charge in [0.2, 0.25) is 0 Å². The lowest BCUT2D eigenvalue weighted by atomic mass is 9.96. The number of nitrogens with zero attached hydrogens (tertiary/aromatic N) is 3. The molecule has 2 unspecified atom stereocenters. The van der Waals surface area contributed by atoms with Crippen molar-refractivity contribution in [3.63, 3.8) is 0 Å². The van der Waals surface area contributed by atoms with Crippen molar-refractivity contribution in [3.8, 4) is 5.69 Å². The van der Waals surface area contributed by atoms with Crippen molar-refractivity contribution >= 4 is 0 Å². The first kappa shape index (κ1) is 12.4. The standard InChI is InChI=1S/C15H19N3O/c1-12-10-15(19,11-17(12)2)14-8-9-16-18(14)13-6-4-3-5-7-13/h3-9,12,19H,10-11H2,1-2H3. The molecular formula is C15H19N3O. The molecule has 0 saturated carbocycles. The zero-order valence-corrected chi connectivity index (χ0v) is 11.3. The quantitative estimate of drug-likeness (QED) is 0.891. The molecule has 0 amide bonds. The molecule has 0 bridgehead atoms. The number of likely N-dealkylation sites (tertiary alicyclic amines) is 1. The molecule has 0 radical (unpaired) electrons. The Hall–Kier alpha value is -1.65. The van der Waals surface area contributed by atoms with E-state index in [4.69, 9.17) is 0 Å². The zero-order chi connectivity index (χ0) is 13.5. The van der Waals surface area contributed by atoms with E-state index in [1.165, 1.54) is 0 Å². The second-order valence-corrected chi connectivity index (χ2v) is 5.46. The Morgan fingerprint density at radius 3 is 2.63 bits per heavy atom. The minimum Gasteiger partial charge on any atom is -0.382 e. The fourth-order valence-electron chi connectivity index (χ4n) is 2.89. The number of hydrogen-bond donors (Lipinski definition) is 1. The first-order valence-corrected chi connectivity index (χ1v) is 6.63. The highest BCUT2D eigenvalue weighted by molar-refractivity contribution is 5.34. The molecule has 1 aromatic carbocycles. The molecule has 1 saturated heterocycles. The highest BCUT2D eigenvalue weighted by Crippen LogP contribution is 2.35. The van der Waals surface area contributed by atoms with Crippen molar-refractivity contribution < 1.29 is 5.11 Å². The van der Waals surface area contributed by atoms with Crippen molar-refractivity contribution in [2.24, 2.45) is 0 Å². The van der Waals surface area contributed by atoms with E-state index in [9.17, 15) is 5.11 Å². The van der Waals surface area contributed by atoms with Crippen LogP contribution in [0.5, 0.6) is 0 Å². The lowest BCUT2D eigenvalue weighted by Gasteiger charge is -2.23. The number of rotatable bonds is 2. The Kier molecular flexibility index (Phi) is 2.92. The molecule has 4 nitrogen and oxygen atoms in total. The smallest absolute Gasteiger partial charge is 0.121 e. The molecule has 4 heteroatoms. The van der Waals surface area contributed by atoms with E-state index in [0.717, 1.165) is 17.8 Å². The van der Waals surface area contributed by atoms with E-state index in [0.29, 0.717) is 12.6 Å². The van der Waals surface area contributed by atoms with Gasteiger partial charge in [-0.1, -0.05) is 18.2 Å². The lowest BCUT2D eigenvalue weighted by Crippen LogP contribution is -2.31. The van der Waals surface area contributed by atoms with E-state index in [1.807, 2.05) is 48.1 Å². The Morgan fingerprint density at radius 1 is 1.26 bits per heavy atom. The fraction of sp³-hybridized carbons (Fsp3) is 0.400. The van der Waals surface area contributed by atoms with Crippen LogP contribution in [-0.4, -0.2) is 39.4 Å². The number of β-amino-alcohol motifs (C(OH)–C–C–N with tert-alkyl or cyclic N) is 1. The van der Waals surface area contributed by atoms with Gasteiger partial charge in [0.1, 0.15) is 5.60 Å². The van der Waals surface area contributed by atoms with Crippen LogP contribution in [-0.2, 0) is 5.60 Å². The summed E-state index contributed by atoms with van der Waals surface area (Å²) in [4.78, 5) is 2.18. The molecule has 1 aliphatic rings. The van der Waals surface area contributed by atoms with Gasteiger partial charge in [0.25, 0.3) is 0 Å². The highest BCUT2D eigenvalue weighted by Gasteiger charge is 2.42. The summed E-state index contributed by atoms with van der Waals surface area (Å²) >= 11 is 0. The van der Waals surface area contributed by atoms with Gasteiger partial charge < -0.3 is 10.0 Å². The summed E-state index contributed by atoms with van der Waals surface area (Å²) in [5.74, 6) is 0. The van der Waals surface area contributed by atoms with Gasteiger partial charge in [0.15, 0.2) is 0 Å². The van der Waals surface area contributed by atoms with Crippen molar-refractivity contribution in [2.45, 2.75) is 25.0 Å². The summed E-state index contributed by atoms with van der Waals surface area (Å²) in [6.45, 7) is 2.79. The number of aromatic nitrogens is 2. The summed E-state index contributed by atoms with van der Waals surface area (Å²) in [5.41, 5.74) is 1.04. The van der Waals surface area contributed by atoms with Gasteiger partial charge in [-0.25, -0.2) is 4.68 Å². The summed E-state index contributed by atoms with van der Waals surface area (Å²) in [7, 11) is 2.05. The van der Waals surface area contributed by atoms with Crippen molar-refractivity contribution in [1.82, 2.24) is 14.7 Å². The summed E-state index contributed by atoms with van der Waals surface area (Å²) in [5, 5.41) is 15.3. The molecular weight excluding hydrogens is 238 g/mol. The molecule has 2 atom stereocenters. The Bertz CT molecular complexity index is 554. The highest BCUT2D eigenvalue weighted by atomic mass is 16.3. The topological polar surface area (TPSA) is 41.3 Å². The molecule has 3 rings (SSSR count). The zero-order valence-electron chi connectivity index (χ0n) is 11.3. The largest absolute Gasteiger partial charge is 0.382 e. The van der Waals surface area contributed by atoms with Crippen molar-refractivity contribution in [2.75, 3.05) is 13.6 Å². The van der Waals surface area contributed by atoms with Crippen LogP contribution in [0.15, 0.2) is 42.6 Å². The van der Waals surface area contributed by atoms with E-state index in [1.54, 1.807) is 6.20 Å². The third kappa shape index (κ3) is 2.07. The lowest BCUT2D eigenvalue weighted by molar-refractivity contribution is 0.0417. The third-order valence-corrected chi connectivity index (χ3v) is 4.02. The molecule has 1 fully saturated rings. The number of hydrogen-bond acceptors (Lipinski definition) is 3. The monoisotopic (exact) mass is 257 g/mol. The molecule has 100 valence electrons. The van der Waals surface area contributed by atoms with Gasteiger partial charge in [0.05, 0.1) is 11.4 Å². The minimum atomic E-state index is -0.819. The summed E-state index contributed by atoms with van der Waals surface area (Å²) in [6, 6.07) is 12.2. The van der Waals surface area contributed by atoms with Crippen LogP contribution < -0.4 is 0 Å². The maximum Gasteiger partial charge on any atom is 0.121 e. The van der Waals surface area contributed by atoms with E-state index in [2.05, 4.69) is 16.9 Å². The third-order valence-electron chi connectivity index (χ3n) is 4.02. The molecule has 0 aliphatic carbocycles. The van der Waals surface area contributed by atoms with Crippen molar-refractivity contribution in [3.05, 3.63) is 48.3 Å². The van der Waals surface area contributed by atoms with Crippen LogP contribution in [0.1, 0.15) is 19.0 Å². The SMILES string of the molecule is CC1CC(O)(c2ccnn2-c2ccccc2)CN1C. The average molecular weight is 257 g/mol. The molecule has 1 aromatic heterocycles. The predicted octanol–water partition coefficient (Wildman–Crippen LogP) is 1.78. The summed E-state index contributed by atoms with van der Waals surface area (Å²) < 4.78 is 1.84. The van der Waals surface area contributed by atoms with Crippen LogP contribution >= 0.6 is 0 Å². The predicted molar refractivity (Wildman–Crippen MR) is 74.2 cm³/mol. The first-order valence-electron chi connectivity index (χ1n) is 6.63. The van der Waals surface area contributed by atoms with Crippen LogP contribution in [0.25, 0.3) is 5.69 Å². The Balaban J connectivity index is 2.02. The molecule has 1 N–H and O–H groups in total. The fourth-order valence-corrected chi connectivity index (χ4v) is 2.89.